The molecular weight excluding hydrogens is 280 g/mol. The minimum Gasteiger partial charge on any atom is -0.438 e. The molecule has 21 heavy (non-hydrogen) atoms. The molecule has 1 saturated carbocycles. The van der Waals surface area contributed by atoms with Crippen LogP contribution in [0.2, 0.25) is 0 Å². The monoisotopic (exact) mass is 302 g/mol. The molecule has 4 unspecified atom stereocenters. The molecule has 1 aliphatic rings. The summed E-state index contributed by atoms with van der Waals surface area (Å²) in [5.41, 5.74) is 0. The van der Waals surface area contributed by atoms with Crippen LogP contribution in [0.4, 0.5) is 9.59 Å². The molecule has 0 aliphatic heterocycles. The van der Waals surface area contributed by atoms with Crippen LogP contribution < -0.4 is 0 Å². The number of carbonyl (C=O) groups excluding carboxylic acids is 2. The fraction of sp³-hybridized carbons (Fsp3) is 0.714. The fourth-order valence-corrected chi connectivity index (χ4v) is 2.10. The zero-order valence-electron chi connectivity index (χ0n) is 12.3. The number of carbonyl (C=O) groups is 2. The van der Waals surface area contributed by atoms with E-state index in [0.717, 1.165) is 6.42 Å². The number of rotatable bonds is 5. The van der Waals surface area contributed by atoms with Gasteiger partial charge in [-0.25, -0.2) is 9.59 Å². The molecule has 0 spiro atoms. The lowest BCUT2D eigenvalue weighted by atomic mass is 9.85. The van der Waals surface area contributed by atoms with Crippen LogP contribution in [0.15, 0.2) is 12.7 Å². The molecule has 1 fully saturated rings. The Hall–Kier alpha value is -1.76. The van der Waals surface area contributed by atoms with Gasteiger partial charge >= 0.3 is 12.3 Å². The summed E-state index contributed by atoms with van der Waals surface area (Å²) in [6.45, 7) is 5.11. The Kier molecular flexibility index (Phi) is 7.01. The summed E-state index contributed by atoms with van der Waals surface area (Å²) >= 11 is 0. The Bertz CT molecular complexity index is 368. The van der Waals surface area contributed by atoms with Crippen LogP contribution in [0.1, 0.15) is 26.2 Å². The van der Waals surface area contributed by atoms with Gasteiger partial charge in [-0.3, -0.25) is 0 Å². The van der Waals surface area contributed by atoms with E-state index >= 15 is 0 Å². The number of ether oxygens (including phenoxy) is 4. The summed E-state index contributed by atoms with van der Waals surface area (Å²) in [5, 5.41) is 9.90. The van der Waals surface area contributed by atoms with Gasteiger partial charge in [-0.15, -0.1) is 6.58 Å². The van der Waals surface area contributed by atoms with E-state index in [9.17, 15) is 14.7 Å². The lowest BCUT2D eigenvalue weighted by Gasteiger charge is -2.31. The topological polar surface area (TPSA) is 91.3 Å². The van der Waals surface area contributed by atoms with E-state index in [1.165, 1.54) is 7.11 Å². The SMILES string of the molecule is C=CC1CCC(OC(=O)OC(C)COC(=O)OC)C(O)C1. The van der Waals surface area contributed by atoms with Crippen molar-refractivity contribution in [1.29, 1.82) is 0 Å². The molecule has 0 aromatic heterocycles. The van der Waals surface area contributed by atoms with Gasteiger partial charge in [-0.1, -0.05) is 6.08 Å². The van der Waals surface area contributed by atoms with Crippen molar-refractivity contribution < 1.29 is 33.6 Å². The molecule has 7 heteroatoms. The first-order chi connectivity index (χ1) is 9.96. The zero-order valence-corrected chi connectivity index (χ0v) is 12.3. The van der Waals surface area contributed by atoms with E-state index in [1.807, 2.05) is 0 Å². The Morgan fingerprint density at radius 1 is 1.38 bits per heavy atom. The third-order valence-corrected chi connectivity index (χ3v) is 3.28. The highest BCUT2D eigenvalue weighted by Crippen LogP contribution is 2.27. The maximum absolute atomic E-state index is 11.6. The molecule has 0 heterocycles. The summed E-state index contributed by atoms with van der Waals surface area (Å²) in [4.78, 5) is 22.3. The number of hydrogen-bond acceptors (Lipinski definition) is 7. The van der Waals surface area contributed by atoms with Crippen molar-refractivity contribution in [3.63, 3.8) is 0 Å². The van der Waals surface area contributed by atoms with Crippen LogP contribution in [0.25, 0.3) is 0 Å². The van der Waals surface area contributed by atoms with E-state index in [2.05, 4.69) is 16.1 Å². The van der Waals surface area contributed by atoms with Crippen molar-refractivity contribution in [2.75, 3.05) is 13.7 Å². The molecule has 0 amide bonds. The molecule has 1 rings (SSSR count). The number of allylic oxidation sites excluding steroid dienone is 1. The highest BCUT2D eigenvalue weighted by molar-refractivity contribution is 5.61. The average Bonchev–Trinajstić information content (AvgIpc) is 2.46. The first-order valence-electron chi connectivity index (χ1n) is 6.84. The molecule has 0 aromatic rings. The minimum atomic E-state index is -0.892. The van der Waals surface area contributed by atoms with Crippen molar-refractivity contribution in [3.8, 4) is 0 Å². The maximum Gasteiger partial charge on any atom is 0.509 e. The second kappa shape index (κ2) is 8.51. The fourth-order valence-electron chi connectivity index (χ4n) is 2.10. The molecule has 0 aromatic carbocycles. The zero-order chi connectivity index (χ0) is 15.8. The Balaban J connectivity index is 2.30. The number of methoxy groups -OCH3 is 1. The molecule has 0 radical (unpaired) electrons. The highest BCUT2D eigenvalue weighted by atomic mass is 16.8. The van der Waals surface area contributed by atoms with Gasteiger partial charge in [0.15, 0.2) is 0 Å². The molecular formula is C14H22O7. The van der Waals surface area contributed by atoms with E-state index in [4.69, 9.17) is 9.47 Å². The van der Waals surface area contributed by atoms with Crippen LogP contribution in [-0.2, 0) is 18.9 Å². The van der Waals surface area contributed by atoms with E-state index in [0.29, 0.717) is 12.8 Å². The summed E-state index contributed by atoms with van der Waals surface area (Å²) < 4.78 is 18.9. The van der Waals surface area contributed by atoms with Crippen LogP contribution in [-0.4, -0.2) is 49.4 Å². The minimum absolute atomic E-state index is 0.131. The quantitative estimate of drug-likeness (QED) is 0.613. The van der Waals surface area contributed by atoms with Gasteiger partial charge in [-0.05, 0) is 32.1 Å². The van der Waals surface area contributed by atoms with Crippen molar-refractivity contribution in [1.82, 2.24) is 0 Å². The van der Waals surface area contributed by atoms with Crippen molar-refractivity contribution >= 4 is 12.3 Å². The molecule has 120 valence electrons. The van der Waals surface area contributed by atoms with E-state index in [1.54, 1.807) is 13.0 Å². The summed E-state index contributed by atoms with van der Waals surface area (Å²) in [7, 11) is 1.18. The molecule has 1 N–H and O–H groups in total. The van der Waals surface area contributed by atoms with Crippen molar-refractivity contribution in [2.45, 2.75) is 44.5 Å². The predicted molar refractivity (Wildman–Crippen MR) is 72.7 cm³/mol. The van der Waals surface area contributed by atoms with Gasteiger partial charge < -0.3 is 24.1 Å². The van der Waals surface area contributed by atoms with Crippen LogP contribution in [0.5, 0.6) is 0 Å². The summed E-state index contributed by atoms with van der Waals surface area (Å²) in [6, 6.07) is 0. The molecule has 7 nitrogen and oxygen atoms in total. The second-order valence-electron chi connectivity index (χ2n) is 4.98. The maximum atomic E-state index is 11.6. The predicted octanol–water partition coefficient (Wildman–Crippen LogP) is 2.03. The molecule has 0 saturated heterocycles. The third kappa shape index (κ3) is 6.03. The second-order valence-corrected chi connectivity index (χ2v) is 4.98. The van der Waals surface area contributed by atoms with Gasteiger partial charge in [0.2, 0.25) is 0 Å². The highest BCUT2D eigenvalue weighted by Gasteiger charge is 2.31. The average molecular weight is 302 g/mol. The molecule has 0 bridgehead atoms. The molecule has 4 atom stereocenters. The van der Waals surface area contributed by atoms with E-state index < -0.39 is 30.6 Å². The first kappa shape index (κ1) is 17.3. The van der Waals surface area contributed by atoms with Crippen molar-refractivity contribution in [2.24, 2.45) is 5.92 Å². The lowest BCUT2D eigenvalue weighted by molar-refractivity contribution is -0.0695. The van der Waals surface area contributed by atoms with Crippen molar-refractivity contribution in [3.05, 3.63) is 12.7 Å². The normalized spacial score (nSPS) is 26.3. The Labute approximate surface area is 123 Å². The van der Waals surface area contributed by atoms with Crippen LogP contribution in [0, 0.1) is 5.92 Å². The molecule has 1 aliphatic carbocycles. The third-order valence-electron chi connectivity index (χ3n) is 3.28. The van der Waals surface area contributed by atoms with Gasteiger partial charge in [0, 0.05) is 0 Å². The Morgan fingerprint density at radius 2 is 2.10 bits per heavy atom. The standard InChI is InChI=1S/C14H22O7/c1-4-10-5-6-12(11(15)7-10)21-14(17)20-9(2)8-19-13(16)18-3/h4,9-12,15H,1,5-8H2,2-3H3. The Morgan fingerprint density at radius 3 is 2.67 bits per heavy atom. The van der Waals surface area contributed by atoms with Gasteiger partial charge in [-0.2, -0.15) is 0 Å². The number of hydrogen-bond donors (Lipinski definition) is 1. The summed E-state index contributed by atoms with van der Waals surface area (Å²) in [6.07, 6.45) is -0.0444. The van der Waals surface area contributed by atoms with Gasteiger partial charge in [0.05, 0.1) is 13.2 Å². The van der Waals surface area contributed by atoms with Crippen LogP contribution in [0.3, 0.4) is 0 Å². The summed E-state index contributed by atoms with van der Waals surface area (Å²) in [5.74, 6) is 0.239. The van der Waals surface area contributed by atoms with E-state index in [-0.39, 0.29) is 12.5 Å². The number of aliphatic hydroxyl groups is 1. The van der Waals surface area contributed by atoms with Crippen LogP contribution >= 0.6 is 0 Å². The smallest absolute Gasteiger partial charge is 0.438 e. The first-order valence-corrected chi connectivity index (χ1v) is 6.84. The van der Waals surface area contributed by atoms with Gasteiger partial charge in [0.1, 0.15) is 18.8 Å². The van der Waals surface area contributed by atoms with Gasteiger partial charge in [0.25, 0.3) is 0 Å². The lowest BCUT2D eigenvalue weighted by Crippen LogP contribution is -2.37. The number of aliphatic hydroxyl groups excluding tert-OH is 1. The largest absolute Gasteiger partial charge is 0.509 e.